The number of nitrogens with one attached hydrogen (secondary N) is 2. The summed E-state index contributed by atoms with van der Waals surface area (Å²) in [7, 11) is -0.210. The highest BCUT2D eigenvalue weighted by atomic mass is 32.2. The van der Waals surface area contributed by atoms with Crippen LogP contribution in [0.1, 0.15) is 5.56 Å². The molecule has 176 valence electrons. The third-order valence-electron chi connectivity index (χ3n) is 5.17. The van der Waals surface area contributed by atoms with Crippen molar-refractivity contribution in [3.05, 3.63) is 54.2 Å². The van der Waals surface area contributed by atoms with Gasteiger partial charge in [-0.2, -0.15) is 14.6 Å². The van der Waals surface area contributed by atoms with Crippen LogP contribution in [0.15, 0.2) is 53.0 Å². The van der Waals surface area contributed by atoms with E-state index < -0.39 is 9.73 Å². The molecular formula is C23H27N9OS. The number of hydrogen-bond acceptors (Lipinski definition) is 10. The Bertz CT molecular complexity index is 1330. The molecule has 0 amide bonds. The van der Waals surface area contributed by atoms with Gasteiger partial charge in [0.15, 0.2) is 11.6 Å². The molecule has 1 aliphatic heterocycles. The van der Waals surface area contributed by atoms with Crippen LogP contribution >= 0.6 is 0 Å². The first-order chi connectivity index (χ1) is 16.3. The fourth-order valence-corrected chi connectivity index (χ4v) is 4.04. The molecule has 11 heteroatoms. The summed E-state index contributed by atoms with van der Waals surface area (Å²) in [4.78, 5) is 17.8. The summed E-state index contributed by atoms with van der Waals surface area (Å²) in [6, 6.07) is 15.3. The maximum Gasteiger partial charge on any atom is 0.229 e. The summed E-state index contributed by atoms with van der Waals surface area (Å²) in [5.74, 6) is 1.44. The van der Waals surface area contributed by atoms with Gasteiger partial charge < -0.3 is 20.4 Å². The van der Waals surface area contributed by atoms with E-state index in [1.54, 1.807) is 30.7 Å². The van der Waals surface area contributed by atoms with Gasteiger partial charge in [0, 0.05) is 59.8 Å². The SMILES string of the molecule is CN1CCN(c2cccc(Nc3ncc(C#N)c(Nc4cccc(N=S(C)(C)=O)n4)n3)c2)CC1. The predicted molar refractivity (Wildman–Crippen MR) is 136 cm³/mol. The molecular weight excluding hydrogens is 450 g/mol. The number of aromatic nitrogens is 3. The lowest BCUT2D eigenvalue weighted by molar-refractivity contribution is 0.313. The Balaban J connectivity index is 1.55. The molecule has 1 saturated heterocycles. The van der Waals surface area contributed by atoms with E-state index in [4.69, 9.17) is 0 Å². The van der Waals surface area contributed by atoms with Crippen molar-refractivity contribution in [2.45, 2.75) is 0 Å². The average Bonchev–Trinajstić information content (AvgIpc) is 2.79. The third kappa shape index (κ3) is 6.18. The standard InChI is InChI=1S/C23H27N9OS/c1-31-10-12-32(13-11-31)19-7-4-6-18(14-19)26-23-25-16-17(15-24)22(29-23)28-20-8-5-9-21(27-20)30-34(2,3)33/h4-9,14,16H,10-13H2,1-3H3,(H2,25,26,27,28,29). The minimum Gasteiger partial charge on any atom is -0.369 e. The lowest BCUT2D eigenvalue weighted by Gasteiger charge is -2.34. The normalized spacial score (nSPS) is 14.4. The second-order valence-corrected chi connectivity index (χ2v) is 10.9. The first kappa shape index (κ1) is 23.4. The highest BCUT2D eigenvalue weighted by Crippen LogP contribution is 2.25. The lowest BCUT2D eigenvalue weighted by Crippen LogP contribution is -2.44. The first-order valence-electron chi connectivity index (χ1n) is 10.8. The van der Waals surface area contributed by atoms with Gasteiger partial charge in [-0.25, -0.2) is 14.2 Å². The number of rotatable bonds is 6. The van der Waals surface area contributed by atoms with E-state index in [0.717, 1.165) is 37.6 Å². The van der Waals surface area contributed by atoms with Crippen LogP contribution in [0.2, 0.25) is 0 Å². The lowest BCUT2D eigenvalue weighted by atomic mass is 10.2. The molecule has 1 fully saturated rings. The van der Waals surface area contributed by atoms with Crippen LogP contribution in [0.25, 0.3) is 0 Å². The molecule has 0 radical (unpaired) electrons. The quantitative estimate of drug-likeness (QED) is 0.550. The van der Waals surface area contributed by atoms with Crippen LogP contribution in [-0.2, 0) is 9.73 Å². The molecule has 2 aromatic heterocycles. The van der Waals surface area contributed by atoms with Gasteiger partial charge in [0.05, 0.1) is 6.20 Å². The van der Waals surface area contributed by atoms with Crippen LogP contribution in [0.5, 0.6) is 0 Å². The molecule has 0 unspecified atom stereocenters. The van der Waals surface area contributed by atoms with Gasteiger partial charge in [-0.05, 0) is 37.4 Å². The second kappa shape index (κ2) is 10.0. The molecule has 1 aromatic carbocycles. The largest absolute Gasteiger partial charge is 0.369 e. The van der Waals surface area contributed by atoms with Crippen molar-refractivity contribution in [3.63, 3.8) is 0 Å². The predicted octanol–water partition coefficient (Wildman–Crippen LogP) is 3.34. The van der Waals surface area contributed by atoms with E-state index in [1.807, 2.05) is 12.1 Å². The molecule has 34 heavy (non-hydrogen) atoms. The molecule has 10 nitrogen and oxygen atoms in total. The smallest absolute Gasteiger partial charge is 0.229 e. The van der Waals surface area contributed by atoms with E-state index >= 15 is 0 Å². The van der Waals surface area contributed by atoms with Gasteiger partial charge in [-0.1, -0.05) is 12.1 Å². The van der Waals surface area contributed by atoms with Gasteiger partial charge in [0.25, 0.3) is 0 Å². The molecule has 0 saturated carbocycles. The maximum absolute atomic E-state index is 12.0. The summed E-state index contributed by atoms with van der Waals surface area (Å²) < 4.78 is 16.1. The van der Waals surface area contributed by atoms with Crippen molar-refractivity contribution in [3.8, 4) is 6.07 Å². The van der Waals surface area contributed by atoms with Crippen molar-refractivity contribution >= 4 is 44.5 Å². The highest BCUT2D eigenvalue weighted by molar-refractivity contribution is 7.92. The maximum atomic E-state index is 12.0. The van der Waals surface area contributed by atoms with Crippen molar-refractivity contribution in [2.24, 2.45) is 4.36 Å². The highest BCUT2D eigenvalue weighted by Gasteiger charge is 2.15. The third-order valence-corrected chi connectivity index (χ3v) is 5.80. The Morgan fingerprint density at radius 3 is 2.56 bits per heavy atom. The summed E-state index contributed by atoms with van der Waals surface area (Å²) in [6.45, 7) is 4.01. The van der Waals surface area contributed by atoms with E-state index in [1.165, 1.54) is 6.20 Å². The van der Waals surface area contributed by atoms with Gasteiger partial charge >= 0.3 is 0 Å². The Morgan fingerprint density at radius 2 is 1.82 bits per heavy atom. The van der Waals surface area contributed by atoms with Gasteiger partial charge in [0.1, 0.15) is 17.5 Å². The minimum absolute atomic E-state index is 0.274. The number of hydrogen-bond donors (Lipinski definition) is 2. The van der Waals surface area contributed by atoms with Gasteiger partial charge in [-0.15, -0.1) is 0 Å². The summed E-state index contributed by atoms with van der Waals surface area (Å²) in [5, 5.41) is 15.8. The number of pyridine rings is 1. The van der Waals surface area contributed by atoms with Crippen LogP contribution in [-0.4, -0.2) is 69.8 Å². The van der Waals surface area contributed by atoms with Crippen LogP contribution in [0, 0.1) is 11.3 Å². The monoisotopic (exact) mass is 477 g/mol. The zero-order valence-electron chi connectivity index (χ0n) is 19.4. The number of likely N-dealkylation sites (N-methyl/N-ethyl adjacent to an activating group) is 1. The van der Waals surface area contributed by atoms with Crippen molar-refractivity contribution in [1.29, 1.82) is 5.26 Å². The zero-order valence-corrected chi connectivity index (χ0v) is 20.2. The summed E-state index contributed by atoms with van der Waals surface area (Å²) in [5.41, 5.74) is 2.26. The number of piperazine rings is 1. The van der Waals surface area contributed by atoms with Gasteiger partial charge in [-0.3, -0.25) is 0 Å². The van der Waals surface area contributed by atoms with E-state index in [9.17, 15) is 9.47 Å². The average molecular weight is 478 g/mol. The van der Waals surface area contributed by atoms with Crippen molar-refractivity contribution in [1.82, 2.24) is 19.9 Å². The number of nitrogens with zero attached hydrogens (tertiary/aromatic N) is 7. The Kier molecular flexibility index (Phi) is 6.90. The van der Waals surface area contributed by atoms with Crippen LogP contribution in [0.4, 0.5) is 34.8 Å². The van der Waals surface area contributed by atoms with Crippen molar-refractivity contribution in [2.75, 3.05) is 61.3 Å². The molecule has 0 aliphatic carbocycles. The summed E-state index contributed by atoms with van der Waals surface area (Å²) >= 11 is 0. The van der Waals surface area contributed by atoms with E-state index in [0.29, 0.717) is 23.4 Å². The molecule has 0 spiro atoms. The second-order valence-electron chi connectivity index (χ2n) is 8.31. The topological polar surface area (TPSA) is 122 Å². The first-order valence-corrected chi connectivity index (χ1v) is 13.1. The number of anilines is 5. The fourth-order valence-electron chi connectivity index (χ4n) is 3.48. The molecule has 0 bridgehead atoms. The molecule has 3 aromatic rings. The van der Waals surface area contributed by atoms with E-state index in [2.05, 4.69) is 65.0 Å². The van der Waals surface area contributed by atoms with Crippen LogP contribution in [0.3, 0.4) is 0 Å². The molecule has 0 atom stereocenters. The molecule has 4 rings (SSSR count). The Morgan fingerprint density at radius 1 is 1.06 bits per heavy atom. The fraction of sp³-hybridized carbons (Fsp3) is 0.304. The van der Waals surface area contributed by atoms with Crippen molar-refractivity contribution < 1.29 is 4.21 Å². The molecule has 3 heterocycles. The minimum atomic E-state index is -2.34. The number of nitriles is 1. The van der Waals surface area contributed by atoms with E-state index in [-0.39, 0.29) is 5.56 Å². The van der Waals surface area contributed by atoms with Gasteiger partial charge in [0.2, 0.25) is 5.95 Å². The zero-order chi connectivity index (χ0) is 24.1. The molecule has 1 aliphatic rings. The Hall–Kier alpha value is -3.75. The number of benzene rings is 1. The van der Waals surface area contributed by atoms with Crippen LogP contribution < -0.4 is 15.5 Å². The Labute approximate surface area is 199 Å². The molecule has 2 N–H and O–H groups in total. The summed E-state index contributed by atoms with van der Waals surface area (Å²) in [6.07, 6.45) is 4.55.